The quantitative estimate of drug-likeness (QED) is 0.116. The maximum atomic E-state index is 15.0. The molecule has 1 fully saturated rings. The lowest BCUT2D eigenvalue weighted by atomic mass is 9.87. The highest BCUT2D eigenvalue weighted by Gasteiger charge is 2.40. The number of hydrogen-bond donors (Lipinski definition) is 2. The van der Waals surface area contributed by atoms with Gasteiger partial charge in [-0.25, -0.2) is 19.1 Å². The number of likely N-dealkylation sites (N-methyl/N-ethyl adjacent to an activating group) is 1. The van der Waals surface area contributed by atoms with E-state index in [1.807, 2.05) is 0 Å². The molecule has 0 aliphatic carbocycles. The van der Waals surface area contributed by atoms with Gasteiger partial charge in [-0.1, -0.05) is 17.7 Å². The van der Waals surface area contributed by atoms with Crippen LogP contribution in [0.25, 0.3) is 0 Å². The van der Waals surface area contributed by atoms with Gasteiger partial charge in [0.1, 0.15) is 5.82 Å². The zero-order chi connectivity index (χ0) is 38.7. The second kappa shape index (κ2) is 16.0. The van der Waals surface area contributed by atoms with E-state index in [2.05, 4.69) is 32.1 Å². The first-order valence-electron chi connectivity index (χ1n) is 16.7. The summed E-state index contributed by atoms with van der Waals surface area (Å²) in [5, 5.41) is 13.3. The van der Waals surface area contributed by atoms with E-state index in [0.29, 0.717) is 41.2 Å². The minimum atomic E-state index is -5.18. The molecule has 16 heteroatoms. The molecular weight excluding hydrogens is 709 g/mol. The molecule has 1 unspecified atom stereocenters. The summed E-state index contributed by atoms with van der Waals surface area (Å²) in [5.74, 6) is -1.25. The molecule has 0 spiro atoms. The summed E-state index contributed by atoms with van der Waals surface area (Å²) >= 11 is 0. The number of halogens is 7. The fraction of sp³-hybridized carbons (Fsp3) is 0.378. The van der Waals surface area contributed by atoms with Gasteiger partial charge >= 0.3 is 18.4 Å². The van der Waals surface area contributed by atoms with Crippen LogP contribution in [0, 0.1) is 26.6 Å². The number of rotatable bonds is 11. The van der Waals surface area contributed by atoms with Crippen LogP contribution < -0.4 is 15.0 Å². The summed E-state index contributed by atoms with van der Waals surface area (Å²) in [7, 11) is 2.07. The Morgan fingerprint density at radius 2 is 1.55 bits per heavy atom. The highest BCUT2D eigenvalue weighted by molar-refractivity contribution is 5.87. The molecule has 284 valence electrons. The van der Waals surface area contributed by atoms with Gasteiger partial charge in [-0.15, -0.1) is 0 Å². The van der Waals surface area contributed by atoms with Crippen LogP contribution in [0.5, 0.6) is 5.75 Å². The van der Waals surface area contributed by atoms with Crippen molar-refractivity contribution in [2.24, 2.45) is 0 Å². The van der Waals surface area contributed by atoms with E-state index in [-0.39, 0.29) is 34.8 Å². The molecule has 1 aromatic heterocycles. The van der Waals surface area contributed by atoms with Crippen LogP contribution in [0.2, 0.25) is 0 Å². The lowest BCUT2D eigenvalue weighted by Gasteiger charge is -2.32. The highest BCUT2D eigenvalue weighted by atomic mass is 19.4. The molecule has 1 atom stereocenters. The van der Waals surface area contributed by atoms with Gasteiger partial charge in [0.2, 0.25) is 5.95 Å². The fourth-order valence-electron chi connectivity index (χ4n) is 6.45. The van der Waals surface area contributed by atoms with Crippen molar-refractivity contribution in [3.05, 3.63) is 106 Å². The highest BCUT2D eigenvalue weighted by Crippen LogP contribution is 2.42. The molecule has 3 aromatic carbocycles. The van der Waals surface area contributed by atoms with E-state index in [9.17, 15) is 36.2 Å². The number of hydrogen-bond acceptors (Lipinski definition) is 7. The molecule has 4 aromatic rings. The lowest BCUT2D eigenvalue weighted by Crippen LogP contribution is -2.44. The molecule has 0 saturated carbocycles. The van der Waals surface area contributed by atoms with E-state index >= 15 is 4.39 Å². The number of piperazine rings is 1. The third-order valence-corrected chi connectivity index (χ3v) is 8.95. The van der Waals surface area contributed by atoms with Gasteiger partial charge in [-0.3, -0.25) is 0 Å². The molecule has 1 aliphatic heterocycles. The standard InChI is InChI=1S/C37H39F7N6O3/c1-22-16-23(2)32(24(3)17-22)33(25-18-26(36(39,40)41)20-27(19-25)37(42,43)44)50(35(51)52)31-8-9-45-34(47-31)46-28-6-7-30(29(38)21-28)53-15-5-10-49-13-11-48(4)12-14-49/h6-9,16-21,33H,5,10-15H2,1-4H3,(H,51,52)(H,45,46,47). The summed E-state index contributed by atoms with van der Waals surface area (Å²) in [4.78, 5) is 26.5. The zero-order valence-electron chi connectivity index (χ0n) is 29.4. The number of carboxylic acid groups (broad SMARTS) is 1. The van der Waals surface area contributed by atoms with E-state index < -0.39 is 47.0 Å². The second-order valence-electron chi connectivity index (χ2n) is 13.1. The Bertz CT molecular complexity index is 1870. The van der Waals surface area contributed by atoms with Crippen LogP contribution in [0.3, 0.4) is 0 Å². The summed E-state index contributed by atoms with van der Waals surface area (Å²) in [6.07, 6.45) is -10.2. The number of anilines is 3. The van der Waals surface area contributed by atoms with E-state index in [1.54, 1.807) is 32.9 Å². The Morgan fingerprint density at radius 3 is 2.11 bits per heavy atom. The largest absolute Gasteiger partial charge is 0.490 e. The maximum Gasteiger partial charge on any atom is 0.416 e. The van der Waals surface area contributed by atoms with Crippen LogP contribution >= 0.6 is 0 Å². The third kappa shape index (κ3) is 9.73. The number of benzene rings is 3. The molecule has 2 heterocycles. The normalized spacial score (nSPS) is 14.9. The van der Waals surface area contributed by atoms with Crippen molar-refractivity contribution in [3.8, 4) is 5.75 Å². The van der Waals surface area contributed by atoms with Crippen LogP contribution in [0.15, 0.2) is 60.8 Å². The Hall–Kier alpha value is -4.96. The Balaban J connectivity index is 1.46. The lowest BCUT2D eigenvalue weighted by molar-refractivity contribution is -0.143. The summed E-state index contributed by atoms with van der Waals surface area (Å²) < 4.78 is 105. The summed E-state index contributed by atoms with van der Waals surface area (Å²) in [6.45, 7) is 9.91. The van der Waals surface area contributed by atoms with Gasteiger partial charge < -0.3 is 25.0 Å². The molecular formula is C37H39F7N6O3. The number of nitrogens with one attached hydrogen (secondary N) is 1. The molecule has 5 rings (SSSR count). The Labute approximate surface area is 302 Å². The predicted molar refractivity (Wildman–Crippen MR) is 185 cm³/mol. The first kappa shape index (κ1) is 39.3. The molecule has 1 amide bonds. The van der Waals surface area contributed by atoms with Gasteiger partial charge in [0.15, 0.2) is 11.6 Å². The first-order chi connectivity index (χ1) is 24.9. The number of aromatic nitrogens is 2. The average Bonchev–Trinajstić information content (AvgIpc) is 3.06. The summed E-state index contributed by atoms with van der Waals surface area (Å²) in [5.41, 5.74) is -1.86. The minimum absolute atomic E-state index is 0.0166. The third-order valence-electron chi connectivity index (χ3n) is 8.95. The van der Waals surface area contributed by atoms with Gasteiger partial charge in [-0.05, 0) is 92.9 Å². The zero-order valence-corrected chi connectivity index (χ0v) is 29.4. The number of alkyl halides is 6. The first-order valence-corrected chi connectivity index (χ1v) is 16.7. The van der Waals surface area contributed by atoms with Gasteiger partial charge in [0.05, 0.1) is 23.8 Å². The Kier molecular flexibility index (Phi) is 11.8. The van der Waals surface area contributed by atoms with E-state index in [1.165, 1.54) is 12.1 Å². The van der Waals surface area contributed by atoms with Crippen molar-refractivity contribution in [1.82, 2.24) is 19.8 Å². The molecule has 53 heavy (non-hydrogen) atoms. The van der Waals surface area contributed by atoms with Crippen molar-refractivity contribution in [2.75, 3.05) is 56.6 Å². The monoisotopic (exact) mass is 748 g/mol. The number of ether oxygens (including phenoxy) is 1. The van der Waals surface area contributed by atoms with Crippen LogP contribution in [0.4, 0.5) is 53.0 Å². The second-order valence-corrected chi connectivity index (χ2v) is 13.1. The number of carbonyl (C=O) groups is 1. The van der Waals surface area contributed by atoms with Gasteiger partial charge in [0.25, 0.3) is 0 Å². The van der Waals surface area contributed by atoms with Crippen molar-refractivity contribution < 1.29 is 45.4 Å². The van der Waals surface area contributed by atoms with E-state index in [0.717, 1.165) is 56.6 Å². The molecule has 9 nitrogen and oxygen atoms in total. The Morgan fingerprint density at radius 1 is 0.925 bits per heavy atom. The van der Waals surface area contributed by atoms with Crippen molar-refractivity contribution in [3.63, 3.8) is 0 Å². The topological polar surface area (TPSA) is 94.1 Å². The molecule has 0 bridgehead atoms. The van der Waals surface area contributed by atoms with Gasteiger partial charge in [0, 0.05) is 50.7 Å². The SMILES string of the molecule is Cc1cc(C)c(C(c2cc(C(F)(F)F)cc(C(F)(F)F)c2)N(C(=O)O)c2ccnc(Nc3ccc(OCCCN4CCN(C)CC4)c(F)c3)n2)c(C)c1. The van der Waals surface area contributed by atoms with E-state index in [4.69, 9.17) is 4.74 Å². The number of aryl methyl sites for hydroxylation is 3. The fourth-order valence-corrected chi connectivity index (χ4v) is 6.45. The smallest absolute Gasteiger partial charge is 0.416 e. The van der Waals surface area contributed by atoms with Crippen molar-refractivity contribution in [1.29, 1.82) is 0 Å². The van der Waals surface area contributed by atoms with Crippen LogP contribution in [-0.2, 0) is 12.4 Å². The van der Waals surface area contributed by atoms with Crippen LogP contribution in [0.1, 0.15) is 51.4 Å². The molecule has 1 saturated heterocycles. The molecule has 2 N–H and O–H groups in total. The predicted octanol–water partition coefficient (Wildman–Crippen LogP) is 8.61. The summed E-state index contributed by atoms with van der Waals surface area (Å²) in [6, 6.07) is 7.76. The van der Waals surface area contributed by atoms with Crippen molar-refractivity contribution in [2.45, 2.75) is 45.6 Å². The minimum Gasteiger partial charge on any atom is -0.490 e. The van der Waals surface area contributed by atoms with Gasteiger partial charge in [-0.2, -0.15) is 31.3 Å². The molecule has 1 aliphatic rings. The number of amides is 1. The maximum absolute atomic E-state index is 15.0. The number of nitrogens with zero attached hydrogens (tertiary/aromatic N) is 5. The molecule has 0 radical (unpaired) electrons. The van der Waals surface area contributed by atoms with Crippen molar-refractivity contribution >= 4 is 23.5 Å². The van der Waals surface area contributed by atoms with Crippen LogP contribution in [-0.4, -0.2) is 77.3 Å². The average molecular weight is 749 g/mol.